The predicted octanol–water partition coefficient (Wildman–Crippen LogP) is -2.82. The van der Waals surface area contributed by atoms with Gasteiger partial charge in [0.25, 0.3) is 0 Å². The first-order valence-corrected chi connectivity index (χ1v) is 7.50. The number of aromatic nitrogens is 2. The Balaban J connectivity index is 1.88. The highest BCUT2D eigenvalue weighted by molar-refractivity contribution is 5.73. The summed E-state index contributed by atoms with van der Waals surface area (Å²) < 4.78 is 20.3. The third-order valence-electron chi connectivity index (χ3n) is 3.54. The normalized spacial score (nSPS) is 25.0. The van der Waals surface area contributed by atoms with Gasteiger partial charge in [-0.3, -0.25) is 4.57 Å². The quantitative estimate of drug-likeness (QED) is 0.421. The molecule has 26 heavy (non-hydrogen) atoms. The Morgan fingerprint density at radius 1 is 1.31 bits per heavy atom. The maximum Gasteiger partial charge on any atom is 0.351 e. The zero-order chi connectivity index (χ0) is 19.3. The lowest BCUT2D eigenvalue weighted by atomic mass is 10.1. The Kier molecular flexibility index (Phi) is 6.63. The van der Waals surface area contributed by atoms with Crippen LogP contribution in [0.2, 0.25) is 0 Å². The summed E-state index contributed by atoms with van der Waals surface area (Å²) in [6.07, 6.45) is -3.89. The van der Waals surface area contributed by atoms with Gasteiger partial charge in [-0.05, 0) is 6.07 Å². The molecule has 144 valence electrons. The molecular formula is C14H19N3O9. The van der Waals surface area contributed by atoms with E-state index in [4.69, 9.17) is 19.9 Å². The smallest absolute Gasteiger partial charge is 0.351 e. The van der Waals surface area contributed by atoms with Crippen LogP contribution < -0.4 is 11.4 Å². The highest BCUT2D eigenvalue weighted by Crippen LogP contribution is 2.28. The highest BCUT2D eigenvalue weighted by atomic mass is 16.6. The molecule has 12 heteroatoms. The van der Waals surface area contributed by atoms with E-state index in [-0.39, 0.29) is 5.82 Å². The van der Waals surface area contributed by atoms with Gasteiger partial charge in [0.15, 0.2) is 6.23 Å². The van der Waals surface area contributed by atoms with Crippen molar-refractivity contribution in [1.82, 2.24) is 9.55 Å². The molecule has 0 aromatic carbocycles. The van der Waals surface area contributed by atoms with Gasteiger partial charge in [0.2, 0.25) is 0 Å². The molecule has 0 radical (unpaired) electrons. The Labute approximate surface area is 147 Å². The summed E-state index contributed by atoms with van der Waals surface area (Å²) in [6, 6.07) is 1.33. The minimum atomic E-state index is -1.45. The molecule has 0 spiro atoms. The van der Waals surface area contributed by atoms with Crippen molar-refractivity contribution in [2.75, 3.05) is 32.7 Å². The largest absolute Gasteiger partial charge is 0.467 e. The second-order valence-corrected chi connectivity index (χ2v) is 5.34. The van der Waals surface area contributed by atoms with Gasteiger partial charge in [0, 0.05) is 6.20 Å². The van der Waals surface area contributed by atoms with Crippen LogP contribution in [0.5, 0.6) is 0 Å². The summed E-state index contributed by atoms with van der Waals surface area (Å²) in [5.74, 6) is -1.47. The van der Waals surface area contributed by atoms with Crippen molar-refractivity contribution >= 4 is 17.8 Å². The van der Waals surface area contributed by atoms with Gasteiger partial charge in [-0.1, -0.05) is 0 Å². The molecule has 4 unspecified atom stereocenters. The standard InChI is InChI=1S/C14H19N3O9/c1-23-9(18)5-24-6-10(19)25-4-7-11(20)12(21)13(26-7)17-3-2-8(15)16-14(17)22/h2-3,7,11-13,20-21H,4-6H2,1H3,(H2,15,16,22). The van der Waals surface area contributed by atoms with Crippen LogP contribution in [0.15, 0.2) is 17.1 Å². The third kappa shape index (κ3) is 4.76. The van der Waals surface area contributed by atoms with Crippen molar-refractivity contribution in [1.29, 1.82) is 0 Å². The summed E-state index contributed by atoms with van der Waals surface area (Å²) in [5, 5.41) is 20.1. The van der Waals surface area contributed by atoms with Crippen molar-refractivity contribution in [2.24, 2.45) is 0 Å². The fourth-order valence-corrected chi connectivity index (χ4v) is 2.21. The van der Waals surface area contributed by atoms with Gasteiger partial charge >= 0.3 is 17.6 Å². The van der Waals surface area contributed by atoms with E-state index >= 15 is 0 Å². The fourth-order valence-electron chi connectivity index (χ4n) is 2.21. The SMILES string of the molecule is COC(=O)COCC(=O)OCC1OC(n2ccc(N)nc2=O)C(O)C1O. The number of rotatable bonds is 7. The summed E-state index contributed by atoms with van der Waals surface area (Å²) in [5.41, 5.74) is 4.62. The van der Waals surface area contributed by atoms with Crippen molar-refractivity contribution < 1.29 is 38.7 Å². The van der Waals surface area contributed by atoms with Gasteiger partial charge < -0.3 is 34.9 Å². The molecule has 0 amide bonds. The maximum absolute atomic E-state index is 11.8. The number of esters is 2. The van der Waals surface area contributed by atoms with Gasteiger partial charge in [-0.25, -0.2) is 14.4 Å². The zero-order valence-corrected chi connectivity index (χ0v) is 13.8. The second kappa shape index (κ2) is 8.71. The van der Waals surface area contributed by atoms with E-state index in [0.717, 1.165) is 4.57 Å². The zero-order valence-electron chi connectivity index (χ0n) is 13.8. The Morgan fingerprint density at radius 3 is 2.65 bits per heavy atom. The number of aliphatic hydroxyl groups excluding tert-OH is 2. The first kappa shape index (κ1) is 19.8. The second-order valence-electron chi connectivity index (χ2n) is 5.34. The third-order valence-corrected chi connectivity index (χ3v) is 3.54. The summed E-state index contributed by atoms with van der Waals surface area (Å²) >= 11 is 0. The van der Waals surface area contributed by atoms with Gasteiger partial charge in [0.05, 0.1) is 7.11 Å². The van der Waals surface area contributed by atoms with Crippen molar-refractivity contribution in [2.45, 2.75) is 24.5 Å². The van der Waals surface area contributed by atoms with Crippen molar-refractivity contribution in [3.05, 3.63) is 22.7 Å². The fraction of sp³-hybridized carbons (Fsp3) is 0.571. The number of hydrogen-bond acceptors (Lipinski definition) is 11. The Morgan fingerprint density at radius 2 is 2.00 bits per heavy atom. The molecule has 1 aliphatic rings. The van der Waals surface area contributed by atoms with Crippen LogP contribution in [-0.2, 0) is 28.5 Å². The lowest BCUT2D eigenvalue weighted by Gasteiger charge is -2.16. The maximum atomic E-state index is 11.8. The van der Waals surface area contributed by atoms with Crippen LogP contribution in [0.4, 0.5) is 5.82 Å². The minimum absolute atomic E-state index is 0.00304. The number of carbonyl (C=O) groups is 2. The van der Waals surface area contributed by atoms with Crippen molar-refractivity contribution in [3.63, 3.8) is 0 Å². The molecule has 0 aliphatic carbocycles. The van der Waals surface area contributed by atoms with E-state index < -0.39 is 62.0 Å². The Hall–Kier alpha value is -2.54. The number of methoxy groups -OCH3 is 1. The van der Waals surface area contributed by atoms with Crippen LogP contribution >= 0.6 is 0 Å². The number of nitrogens with zero attached hydrogens (tertiary/aromatic N) is 2. The van der Waals surface area contributed by atoms with Crippen LogP contribution in [-0.4, -0.2) is 76.9 Å². The van der Waals surface area contributed by atoms with E-state index in [0.29, 0.717) is 0 Å². The first-order chi connectivity index (χ1) is 12.3. The Bertz CT molecular complexity index is 707. The predicted molar refractivity (Wildman–Crippen MR) is 82.6 cm³/mol. The van der Waals surface area contributed by atoms with Crippen LogP contribution in [0.1, 0.15) is 6.23 Å². The minimum Gasteiger partial charge on any atom is -0.467 e. The molecule has 0 saturated carbocycles. The monoisotopic (exact) mass is 373 g/mol. The molecule has 4 N–H and O–H groups in total. The van der Waals surface area contributed by atoms with Gasteiger partial charge in [-0.2, -0.15) is 4.98 Å². The molecule has 0 bridgehead atoms. The number of anilines is 1. The molecule has 1 aliphatic heterocycles. The van der Waals surface area contributed by atoms with Crippen LogP contribution in [0, 0.1) is 0 Å². The lowest BCUT2D eigenvalue weighted by Crippen LogP contribution is -2.36. The number of hydrogen-bond donors (Lipinski definition) is 3. The molecule has 2 heterocycles. The highest BCUT2D eigenvalue weighted by Gasteiger charge is 2.44. The first-order valence-electron chi connectivity index (χ1n) is 7.50. The average molecular weight is 373 g/mol. The van der Waals surface area contributed by atoms with E-state index in [9.17, 15) is 24.6 Å². The lowest BCUT2D eigenvalue weighted by molar-refractivity contribution is -0.158. The summed E-state index contributed by atoms with van der Waals surface area (Å²) in [4.78, 5) is 37.7. The molecule has 4 atom stereocenters. The van der Waals surface area contributed by atoms with E-state index in [2.05, 4.69) is 9.72 Å². The van der Waals surface area contributed by atoms with Crippen molar-refractivity contribution in [3.8, 4) is 0 Å². The number of carbonyl (C=O) groups excluding carboxylic acids is 2. The van der Waals surface area contributed by atoms with Gasteiger partial charge in [-0.15, -0.1) is 0 Å². The molecular weight excluding hydrogens is 354 g/mol. The summed E-state index contributed by atoms with van der Waals surface area (Å²) in [6.45, 7) is -1.32. The van der Waals surface area contributed by atoms with E-state index in [1.165, 1.54) is 19.4 Å². The number of ether oxygens (including phenoxy) is 4. The number of nitrogens with two attached hydrogens (primary N) is 1. The molecule has 2 rings (SSSR count). The topological polar surface area (TPSA) is 172 Å². The molecule has 1 fully saturated rings. The molecule has 1 aromatic heterocycles. The van der Waals surface area contributed by atoms with Crippen LogP contribution in [0.25, 0.3) is 0 Å². The van der Waals surface area contributed by atoms with Gasteiger partial charge in [0.1, 0.15) is 44.0 Å². The molecule has 1 saturated heterocycles. The van der Waals surface area contributed by atoms with Crippen LogP contribution in [0.3, 0.4) is 0 Å². The number of aliphatic hydroxyl groups is 2. The summed E-state index contributed by atoms with van der Waals surface area (Å²) in [7, 11) is 1.17. The molecule has 1 aromatic rings. The van der Waals surface area contributed by atoms with E-state index in [1.54, 1.807) is 0 Å². The molecule has 12 nitrogen and oxygen atoms in total. The van der Waals surface area contributed by atoms with E-state index in [1.807, 2.05) is 0 Å². The number of nitrogen functional groups attached to an aromatic ring is 1. The average Bonchev–Trinajstić information content (AvgIpc) is 2.88.